The van der Waals surface area contributed by atoms with Crippen LogP contribution in [0.4, 0.5) is 11.6 Å². The number of H-pyrrole nitrogens is 1. The van der Waals surface area contributed by atoms with E-state index in [9.17, 15) is 19.2 Å². The van der Waals surface area contributed by atoms with Crippen LogP contribution >= 0.6 is 0 Å². The third-order valence-electron chi connectivity index (χ3n) is 6.70. The second-order valence-electron chi connectivity index (χ2n) is 10.4. The molecule has 1 atom stereocenters. The molecule has 6 N–H and O–H groups in total. The van der Waals surface area contributed by atoms with Crippen LogP contribution in [0, 0.1) is 0 Å². The number of amides is 2. The quantitative estimate of drug-likeness (QED) is 0.0310. The lowest BCUT2D eigenvalue weighted by Crippen LogP contribution is -2.42. The summed E-state index contributed by atoms with van der Waals surface area (Å²) < 4.78 is 21.0. The molecule has 1 aromatic carbocycles. The first kappa shape index (κ1) is 38.1. The number of benzene rings is 1. The smallest absolute Gasteiger partial charge is 0.328 e. The van der Waals surface area contributed by atoms with E-state index in [1.165, 1.54) is 13.3 Å². The van der Waals surface area contributed by atoms with Gasteiger partial charge >= 0.3 is 5.97 Å². The minimum absolute atomic E-state index is 0.00180. The van der Waals surface area contributed by atoms with Crippen molar-refractivity contribution in [3.63, 3.8) is 0 Å². The highest BCUT2D eigenvalue weighted by atomic mass is 16.5. The normalized spacial score (nSPS) is 11.4. The first-order valence-corrected chi connectivity index (χ1v) is 15.6. The van der Waals surface area contributed by atoms with Crippen LogP contribution in [0.2, 0.25) is 0 Å². The maximum absolute atomic E-state index is 12.9. The number of nitrogens with two attached hydrogens (primary N) is 1. The number of hydrogen-bond donors (Lipinski definition) is 5. The van der Waals surface area contributed by atoms with Crippen molar-refractivity contribution in [3.8, 4) is 0 Å². The second-order valence-corrected chi connectivity index (χ2v) is 10.4. The van der Waals surface area contributed by atoms with Gasteiger partial charge in [-0.3, -0.25) is 19.4 Å². The fourth-order valence-corrected chi connectivity index (χ4v) is 4.21. The van der Waals surface area contributed by atoms with Crippen molar-refractivity contribution in [2.24, 2.45) is 5.11 Å². The summed E-state index contributed by atoms with van der Waals surface area (Å²) >= 11 is 0. The number of methoxy groups -OCH3 is 1. The number of nitrogens with one attached hydrogen (secondary N) is 4. The van der Waals surface area contributed by atoms with Gasteiger partial charge in [0.25, 0.3) is 11.5 Å². The van der Waals surface area contributed by atoms with Gasteiger partial charge in [0.1, 0.15) is 6.04 Å². The average Bonchev–Trinajstić information content (AvgIpc) is 3.10. The fourth-order valence-electron chi connectivity index (χ4n) is 4.21. The van der Waals surface area contributed by atoms with Gasteiger partial charge in [-0.2, -0.15) is 4.98 Å². The average molecular weight is 684 g/mol. The van der Waals surface area contributed by atoms with E-state index in [1.54, 1.807) is 24.3 Å². The number of azide groups is 1. The van der Waals surface area contributed by atoms with Gasteiger partial charge in [-0.15, -0.1) is 0 Å². The number of nitrogen functional groups attached to an aromatic ring is 1. The number of rotatable bonds is 23. The van der Waals surface area contributed by atoms with Gasteiger partial charge in [-0.25, -0.2) is 14.8 Å². The molecule has 3 aromatic rings. The predicted molar refractivity (Wildman–Crippen MR) is 177 cm³/mol. The molecule has 0 aliphatic heterocycles. The van der Waals surface area contributed by atoms with Crippen molar-refractivity contribution in [2.75, 3.05) is 70.9 Å². The van der Waals surface area contributed by atoms with Crippen LogP contribution in [0.1, 0.15) is 41.7 Å². The number of esters is 1. The Bertz CT molecular complexity index is 1610. The second kappa shape index (κ2) is 21.5. The first-order valence-electron chi connectivity index (χ1n) is 15.6. The molecule has 19 heteroatoms. The van der Waals surface area contributed by atoms with Gasteiger partial charge in [0.05, 0.1) is 52.0 Å². The molecule has 2 heterocycles. The molecule has 0 radical (unpaired) electrons. The number of aromatic nitrogens is 4. The van der Waals surface area contributed by atoms with Crippen LogP contribution < -0.4 is 27.2 Å². The predicted octanol–water partition coefficient (Wildman–Crippen LogP) is 1.22. The van der Waals surface area contributed by atoms with Gasteiger partial charge in [-0.05, 0) is 49.1 Å². The number of carbonyl (C=O) groups excluding carboxylic acids is 3. The molecule has 0 bridgehead atoms. The van der Waals surface area contributed by atoms with Gasteiger partial charge in [0.2, 0.25) is 11.9 Å². The molecule has 264 valence electrons. The summed E-state index contributed by atoms with van der Waals surface area (Å²) in [5.41, 5.74) is 14.9. The Morgan fingerprint density at radius 3 is 2.41 bits per heavy atom. The Morgan fingerprint density at radius 2 is 1.71 bits per heavy atom. The summed E-state index contributed by atoms with van der Waals surface area (Å²) in [5.74, 6) is -1.50. The van der Waals surface area contributed by atoms with E-state index in [2.05, 4.69) is 45.9 Å². The zero-order valence-electron chi connectivity index (χ0n) is 27.2. The van der Waals surface area contributed by atoms with Crippen molar-refractivity contribution >= 4 is 40.6 Å². The van der Waals surface area contributed by atoms with E-state index in [0.717, 1.165) is 0 Å². The SMILES string of the molecule is COC(=O)[C@H](CCC(=O)NCCCOCCOCCOCCCN=[N+]=[N-])NC(=O)c1ccc(NCc2cnc3nc(N)[nH]c(=O)c3n2)cc1. The maximum Gasteiger partial charge on any atom is 0.328 e. The van der Waals surface area contributed by atoms with Crippen LogP contribution in [0.3, 0.4) is 0 Å². The van der Waals surface area contributed by atoms with Crippen LogP contribution in [0.5, 0.6) is 0 Å². The van der Waals surface area contributed by atoms with Crippen molar-refractivity contribution < 1.29 is 33.3 Å². The van der Waals surface area contributed by atoms with E-state index in [0.29, 0.717) is 82.5 Å². The molecule has 3 rings (SSSR count). The molecule has 19 nitrogen and oxygen atoms in total. The fraction of sp³-hybridized carbons (Fsp3) is 0.500. The minimum atomic E-state index is -1.02. The lowest BCUT2D eigenvalue weighted by molar-refractivity contribution is -0.143. The lowest BCUT2D eigenvalue weighted by Gasteiger charge is -2.16. The summed E-state index contributed by atoms with van der Waals surface area (Å²) in [6.07, 6.45) is 2.77. The number of fused-ring (bicyclic) bond motifs is 1. The number of aromatic amines is 1. The van der Waals surface area contributed by atoms with Gasteiger partial charge in [-0.1, -0.05) is 5.11 Å². The van der Waals surface area contributed by atoms with Crippen molar-refractivity contribution in [2.45, 2.75) is 38.3 Å². The van der Waals surface area contributed by atoms with Crippen LogP contribution in [-0.4, -0.2) is 104 Å². The van der Waals surface area contributed by atoms with Crippen LogP contribution in [0.15, 0.2) is 40.4 Å². The first-order chi connectivity index (χ1) is 23.8. The Balaban J connectivity index is 1.31. The zero-order chi connectivity index (χ0) is 35.3. The Morgan fingerprint density at radius 1 is 1.02 bits per heavy atom. The molecule has 0 saturated carbocycles. The number of ether oxygens (including phenoxy) is 4. The molecular formula is C30H41N11O8. The van der Waals surface area contributed by atoms with E-state index >= 15 is 0 Å². The van der Waals surface area contributed by atoms with E-state index in [1.807, 2.05) is 0 Å². The summed E-state index contributed by atoms with van der Waals surface area (Å²) in [7, 11) is 1.21. The summed E-state index contributed by atoms with van der Waals surface area (Å²) in [6.45, 7) is 3.67. The molecule has 0 spiro atoms. The van der Waals surface area contributed by atoms with Gasteiger partial charge in [0, 0.05) is 48.9 Å². The van der Waals surface area contributed by atoms with Gasteiger partial charge in [0.15, 0.2) is 11.2 Å². The Hall–Kier alpha value is -5.36. The molecule has 0 aliphatic carbocycles. The highest BCUT2D eigenvalue weighted by Crippen LogP contribution is 2.12. The number of anilines is 2. The molecular weight excluding hydrogens is 642 g/mol. The Labute approximate surface area is 281 Å². The third kappa shape index (κ3) is 14.1. The van der Waals surface area contributed by atoms with Crippen molar-refractivity contribution in [3.05, 3.63) is 62.5 Å². The molecule has 0 unspecified atom stereocenters. The minimum Gasteiger partial charge on any atom is -0.467 e. The monoisotopic (exact) mass is 683 g/mol. The molecule has 2 aromatic heterocycles. The van der Waals surface area contributed by atoms with Crippen molar-refractivity contribution in [1.82, 2.24) is 30.6 Å². The highest BCUT2D eigenvalue weighted by molar-refractivity contribution is 5.97. The standard InChI is InChI=1S/C30H41N11O8/c1-46-29(45)23(8-9-24(42)33-10-2-12-47-14-16-49-17-15-48-13-3-11-36-41-32)38-27(43)20-4-6-21(7-5-20)34-18-22-19-35-26-25(37-22)28(44)40-30(31)39-26/h4-7,19,23,34H,2-3,8-18H2,1H3,(H,33,42)(H,38,43)(H3,31,35,39,40,44)/t23-/m0/s1. The number of nitrogens with zero attached hydrogens (tertiary/aromatic N) is 6. The highest BCUT2D eigenvalue weighted by Gasteiger charge is 2.23. The van der Waals surface area contributed by atoms with Gasteiger partial charge < -0.3 is 40.6 Å². The molecule has 0 aliphatic rings. The molecule has 0 fully saturated rings. The van der Waals surface area contributed by atoms with Crippen molar-refractivity contribution in [1.29, 1.82) is 0 Å². The largest absolute Gasteiger partial charge is 0.467 e. The Kier molecular flexibility index (Phi) is 16.7. The molecule has 2 amide bonds. The summed E-state index contributed by atoms with van der Waals surface area (Å²) in [4.78, 5) is 67.0. The number of carbonyl (C=O) groups is 3. The van der Waals surface area contributed by atoms with Crippen LogP contribution in [0.25, 0.3) is 21.6 Å². The lowest BCUT2D eigenvalue weighted by atomic mass is 10.1. The topological polar surface area (TPSA) is 271 Å². The summed E-state index contributed by atoms with van der Waals surface area (Å²) in [5, 5.41) is 12.0. The third-order valence-corrected chi connectivity index (χ3v) is 6.70. The summed E-state index contributed by atoms with van der Waals surface area (Å²) in [6, 6.07) is 5.47. The van der Waals surface area contributed by atoms with Crippen LogP contribution in [-0.2, 0) is 35.1 Å². The zero-order valence-corrected chi connectivity index (χ0v) is 27.2. The van der Waals surface area contributed by atoms with E-state index in [-0.39, 0.29) is 42.4 Å². The maximum atomic E-state index is 12.9. The van der Waals surface area contributed by atoms with E-state index < -0.39 is 23.5 Å². The molecule has 49 heavy (non-hydrogen) atoms. The number of hydrogen-bond acceptors (Lipinski definition) is 14. The molecule has 0 saturated heterocycles. The van der Waals surface area contributed by atoms with E-state index in [4.69, 9.17) is 30.2 Å².